The fraction of sp³-hybridized carbons (Fsp3) is 0.333. The first-order chi connectivity index (χ1) is 8.86. The molecule has 0 aliphatic rings. The summed E-state index contributed by atoms with van der Waals surface area (Å²) in [6.45, 7) is 4.39. The van der Waals surface area contributed by atoms with Crippen LogP contribution < -0.4 is 0 Å². The summed E-state index contributed by atoms with van der Waals surface area (Å²) in [5.41, 5.74) is 2.87. The fourth-order valence-electron chi connectivity index (χ4n) is 1.74. The smallest absolute Gasteiger partial charge is 0.0279 e. The molecule has 2 aromatic carbocycles. The van der Waals surface area contributed by atoms with Gasteiger partial charge in [0, 0.05) is 0 Å². The molecule has 0 nitrogen and oxygen atoms in total. The van der Waals surface area contributed by atoms with Crippen LogP contribution >= 0.6 is 0 Å². The molecule has 2 rings (SSSR count). The molecule has 0 aromatic heterocycles. The Balaban J connectivity index is 0.000000184. The van der Waals surface area contributed by atoms with Gasteiger partial charge >= 0.3 is 0 Å². The number of hydrogen-bond acceptors (Lipinski definition) is 0. The Labute approximate surface area is 112 Å². The summed E-state index contributed by atoms with van der Waals surface area (Å²) in [4.78, 5) is 0. The van der Waals surface area contributed by atoms with E-state index < -0.39 is 0 Å². The lowest BCUT2D eigenvalue weighted by Gasteiger charge is -1.96. The van der Waals surface area contributed by atoms with E-state index in [-0.39, 0.29) is 0 Å². The monoisotopic (exact) mass is 240 g/mol. The highest BCUT2D eigenvalue weighted by atomic mass is 13.9. The Morgan fingerprint density at radius 1 is 0.667 bits per heavy atom. The number of rotatable bonds is 4. The lowest BCUT2D eigenvalue weighted by Crippen LogP contribution is -1.81. The molecule has 0 atom stereocenters. The van der Waals surface area contributed by atoms with Gasteiger partial charge in [0.05, 0.1) is 0 Å². The molecule has 0 heterocycles. The molecule has 0 spiro atoms. The van der Waals surface area contributed by atoms with Crippen LogP contribution in [0.2, 0.25) is 0 Å². The predicted molar refractivity (Wildman–Crippen MR) is 80.9 cm³/mol. The molecule has 0 fully saturated rings. The number of unbranched alkanes of at least 4 members (excludes halogenated alkanes) is 1. The van der Waals surface area contributed by atoms with Crippen LogP contribution in [0.5, 0.6) is 0 Å². The standard InChI is InChI=1S/C10H14.C8H10/c1-2-3-7-10-8-5-4-6-9-10;1-2-8-6-4-3-5-7-8/h4-6,8-9H,2-3,7H2,1H3;3-7H,2H2,1H3. The molecular formula is C18H24. The summed E-state index contributed by atoms with van der Waals surface area (Å²) >= 11 is 0. The van der Waals surface area contributed by atoms with Crippen molar-refractivity contribution in [2.24, 2.45) is 0 Å². The molecule has 0 heteroatoms. The average molecular weight is 240 g/mol. The van der Waals surface area contributed by atoms with Gasteiger partial charge in [0.15, 0.2) is 0 Å². The van der Waals surface area contributed by atoms with Gasteiger partial charge in [0.1, 0.15) is 0 Å². The molecule has 0 radical (unpaired) electrons. The fourth-order valence-corrected chi connectivity index (χ4v) is 1.74. The maximum atomic E-state index is 2.23. The first kappa shape index (κ1) is 14.5. The van der Waals surface area contributed by atoms with E-state index in [1.165, 1.54) is 30.4 Å². The molecule has 2 aromatic rings. The minimum atomic E-state index is 1.14. The van der Waals surface area contributed by atoms with Gasteiger partial charge in [-0.25, -0.2) is 0 Å². The van der Waals surface area contributed by atoms with Crippen molar-refractivity contribution in [3.8, 4) is 0 Å². The van der Waals surface area contributed by atoms with Gasteiger partial charge in [0.2, 0.25) is 0 Å². The van der Waals surface area contributed by atoms with E-state index in [9.17, 15) is 0 Å². The van der Waals surface area contributed by atoms with Crippen LogP contribution in [0.1, 0.15) is 37.8 Å². The third kappa shape index (κ3) is 6.24. The first-order valence-corrected chi connectivity index (χ1v) is 6.94. The Kier molecular flexibility index (Phi) is 7.63. The third-order valence-electron chi connectivity index (χ3n) is 2.91. The Morgan fingerprint density at radius 2 is 1.17 bits per heavy atom. The van der Waals surface area contributed by atoms with E-state index in [0.29, 0.717) is 0 Å². The van der Waals surface area contributed by atoms with Crippen molar-refractivity contribution in [3.63, 3.8) is 0 Å². The minimum Gasteiger partial charge on any atom is -0.0654 e. The second-order valence-corrected chi connectivity index (χ2v) is 4.43. The van der Waals surface area contributed by atoms with E-state index >= 15 is 0 Å². The highest BCUT2D eigenvalue weighted by Crippen LogP contribution is 2.03. The van der Waals surface area contributed by atoms with E-state index in [4.69, 9.17) is 0 Å². The van der Waals surface area contributed by atoms with Crippen molar-refractivity contribution in [2.45, 2.75) is 39.5 Å². The second-order valence-electron chi connectivity index (χ2n) is 4.43. The van der Waals surface area contributed by atoms with Crippen molar-refractivity contribution in [3.05, 3.63) is 71.8 Å². The molecule has 0 aliphatic carbocycles. The van der Waals surface area contributed by atoms with Crippen molar-refractivity contribution in [2.75, 3.05) is 0 Å². The molecule has 0 unspecified atom stereocenters. The highest BCUT2D eigenvalue weighted by molar-refractivity contribution is 5.14. The van der Waals surface area contributed by atoms with E-state index in [1.807, 2.05) is 6.07 Å². The predicted octanol–water partition coefficient (Wildman–Crippen LogP) is 5.28. The molecule has 0 amide bonds. The van der Waals surface area contributed by atoms with Gasteiger partial charge < -0.3 is 0 Å². The zero-order valence-corrected chi connectivity index (χ0v) is 11.6. The molecule has 0 saturated carbocycles. The molecular weight excluding hydrogens is 216 g/mol. The van der Waals surface area contributed by atoms with Crippen LogP contribution in [-0.2, 0) is 12.8 Å². The first-order valence-electron chi connectivity index (χ1n) is 6.94. The van der Waals surface area contributed by atoms with Crippen LogP contribution in [0.15, 0.2) is 60.7 Å². The average Bonchev–Trinajstić information content (AvgIpc) is 2.48. The van der Waals surface area contributed by atoms with Crippen LogP contribution in [0.25, 0.3) is 0 Å². The van der Waals surface area contributed by atoms with Gasteiger partial charge in [-0.15, -0.1) is 0 Å². The Hall–Kier alpha value is -1.56. The van der Waals surface area contributed by atoms with Crippen molar-refractivity contribution in [1.82, 2.24) is 0 Å². The zero-order chi connectivity index (χ0) is 13.1. The van der Waals surface area contributed by atoms with Gasteiger partial charge in [-0.05, 0) is 30.4 Å². The number of aryl methyl sites for hydroxylation is 2. The topological polar surface area (TPSA) is 0 Å². The molecule has 96 valence electrons. The lowest BCUT2D eigenvalue weighted by atomic mass is 10.1. The second kappa shape index (κ2) is 9.47. The van der Waals surface area contributed by atoms with Crippen LogP contribution in [0.4, 0.5) is 0 Å². The van der Waals surface area contributed by atoms with Gasteiger partial charge in [-0.3, -0.25) is 0 Å². The molecule has 0 N–H and O–H groups in total. The summed E-state index contributed by atoms with van der Waals surface area (Å²) in [5.74, 6) is 0. The van der Waals surface area contributed by atoms with Crippen LogP contribution in [0.3, 0.4) is 0 Å². The summed E-state index contributed by atoms with van der Waals surface area (Å²) in [5, 5.41) is 0. The quantitative estimate of drug-likeness (QED) is 0.682. The van der Waals surface area contributed by atoms with Crippen molar-refractivity contribution >= 4 is 0 Å². The highest BCUT2D eigenvalue weighted by Gasteiger charge is 1.87. The molecule has 0 aliphatic heterocycles. The third-order valence-corrected chi connectivity index (χ3v) is 2.91. The lowest BCUT2D eigenvalue weighted by molar-refractivity contribution is 0.795. The van der Waals surface area contributed by atoms with E-state index in [2.05, 4.69) is 68.4 Å². The largest absolute Gasteiger partial charge is 0.0654 e. The van der Waals surface area contributed by atoms with Crippen LogP contribution in [0, 0.1) is 0 Å². The Bertz CT molecular complexity index is 389. The normalized spacial score (nSPS) is 9.44. The molecule has 0 saturated heterocycles. The number of benzene rings is 2. The maximum absolute atomic E-state index is 2.23. The molecule has 18 heavy (non-hydrogen) atoms. The zero-order valence-electron chi connectivity index (χ0n) is 11.6. The van der Waals surface area contributed by atoms with Gasteiger partial charge in [0.25, 0.3) is 0 Å². The van der Waals surface area contributed by atoms with Crippen molar-refractivity contribution < 1.29 is 0 Å². The van der Waals surface area contributed by atoms with Gasteiger partial charge in [-0.1, -0.05) is 80.9 Å². The summed E-state index contributed by atoms with van der Waals surface area (Å²) < 4.78 is 0. The van der Waals surface area contributed by atoms with E-state index in [0.717, 1.165) is 6.42 Å². The molecule has 0 bridgehead atoms. The van der Waals surface area contributed by atoms with Gasteiger partial charge in [-0.2, -0.15) is 0 Å². The minimum absolute atomic E-state index is 1.14. The van der Waals surface area contributed by atoms with E-state index in [1.54, 1.807) is 0 Å². The summed E-state index contributed by atoms with van der Waals surface area (Å²) in [7, 11) is 0. The SMILES string of the molecule is CCCCc1ccccc1.CCc1ccccc1. The van der Waals surface area contributed by atoms with Crippen LogP contribution in [-0.4, -0.2) is 0 Å². The summed E-state index contributed by atoms with van der Waals surface area (Å²) in [6.07, 6.45) is 4.97. The number of hydrogen-bond donors (Lipinski definition) is 0. The summed E-state index contributed by atoms with van der Waals surface area (Å²) in [6, 6.07) is 21.1. The Morgan fingerprint density at radius 3 is 1.56 bits per heavy atom. The maximum Gasteiger partial charge on any atom is -0.0279 e. The van der Waals surface area contributed by atoms with Crippen molar-refractivity contribution in [1.29, 1.82) is 0 Å².